The molecule has 0 bridgehead atoms. The molecule has 0 aromatic heterocycles. The molecule has 0 saturated heterocycles. The largest absolute Gasteiger partial charge is 0.498 e. The molecule has 0 saturated carbocycles. The van der Waals surface area contributed by atoms with Crippen LogP contribution in [0.25, 0.3) is 0 Å². The number of allylic oxidation sites excluding steroid dienone is 1. The molecule has 0 N–H and O–H groups in total. The maximum absolute atomic E-state index is 5.74. The van der Waals surface area contributed by atoms with E-state index in [1.165, 1.54) is 59.9 Å². The zero-order chi connectivity index (χ0) is 13.8. The highest BCUT2D eigenvalue weighted by atomic mass is 16.5. The first-order chi connectivity index (χ1) is 9.08. The Kier molecular flexibility index (Phi) is 4.68. The Morgan fingerprint density at radius 2 is 1.89 bits per heavy atom. The summed E-state index contributed by atoms with van der Waals surface area (Å²) < 4.78 is 5.74. The van der Waals surface area contributed by atoms with E-state index in [2.05, 4.69) is 39.8 Å². The molecular weight excluding hydrogens is 232 g/mol. The number of ether oxygens (including phenoxy) is 1. The second-order valence-corrected chi connectivity index (χ2v) is 5.94. The van der Waals surface area contributed by atoms with Gasteiger partial charge in [0.05, 0.1) is 12.4 Å². The normalized spacial score (nSPS) is 18.9. The standard InChI is InChI=1S/C18H26O/c1-13-8-11-18(19-12-13)7-5-6-17-10-9-14(2)15(3)16(17)4/h9-10,12,18H,5-8,11H2,1-4H3. The molecule has 1 aliphatic heterocycles. The Labute approximate surface area is 117 Å². The third-order valence-electron chi connectivity index (χ3n) is 4.46. The number of hydrogen-bond acceptors (Lipinski definition) is 1. The van der Waals surface area contributed by atoms with Crippen molar-refractivity contribution in [3.05, 3.63) is 46.2 Å². The van der Waals surface area contributed by atoms with Crippen LogP contribution in [0.5, 0.6) is 0 Å². The van der Waals surface area contributed by atoms with Gasteiger partial charge in [-0.3, -0.25) is 0 Å². The van der Waals surface area contributed by atoms with Crippen molar-refractivity contribution in [2.24, 2.45) is 0 Å². The monoisotopic (exact) mass is 258 g/mol. The summed E-state index contributed by atoms with van der Waals surface area (Å²) in [5, 5.41) is 0. The molecular formula is C18H26O. The van der Waals surface area contributed by atoms with Crippen LogP contribution in [0, 0.1) is 20.8 Å². The Bertz CT molecular complexity index is 471. The topological polar surface area (TPSA) is 9.23 Å². The minimum absolute atomic E-state index is 0.440. The zero-order valence-corrected chi connectivity index (χ0v) is 12.8. The predicted molar refractivity (Wildman–Crippen MR) is 81.5 cm³/mol. The van der Waals surface area contributed by atoms with Crippen molar-refractivity contribution < 1.29 is 4.74 Å². The van der Waals surface area contributed by atoms with Gasteiger partial charge in [-0.1, -0.05) is 12.1 Å². The fraction of sp³-hybridized carbons (Fsp3) is 0.556. The van der Waals surface area contributed by atoms with E-state index in [1.54, 1.807) is 0 Å². The highest BCUT2D eigenvalue weighted by Crippen LogP contribution is 2.23. The maximum Gasteiger partial charge on any atom is 0.0981 e. The zero-order valence-electron chi connectivity index (χ0n) is 12.8. The molecule has 1 nitrogen and oxygen atoms in total. The summed E-state index contributed by atoms with van der Waals surface area (Å²) in [6, 6.07) is 4.55. The number of aryl methyl sites for hydroxylation is 2. The number of hydrogen-bond donors (Lipinski definition) is 0. The van der Waals surface area contributed by atoms with Crippen molar-refractivity contribution in [3.63, 3.8) is 0 Å². The van der Waals surface area contributed by atoms with Crippen LogP contribution in [0.2, 0.25) is 0 Å². The lowest BCUT2D eigenvalue weighted by Gasteiger charge is -2.22. The van der Waals surface area contributed by atoms with E-state index in [0.29, 0.717) is 6.10 Å². The van der Waals surface area contributed by atoms with Gasteiger partial charge >= 0.3 is 0 Å². The molecule has 104 valence electrons. The lowest BCUT2D eigenvalue weighted by molar-refractivity contribution is 0.109. The second kappa shape index (κ2) is 6.27. The van der Waals surface area contributed by atoms with Crippen LogP contribution in [-0.2, 0) is 11.2 Å². The van der Waals surface area contributed by atoms with Gasteiger partial charge in [0.2, 0.25) is 0 Å². The van der Waals surface area contributed by atoms with Crippen molar-refractivity contribution in [1.82, 2.24) is 0 Å². The van der Waals surface area contributed by atoms with Gasteiger partial charge in [0.25, 0.3) is 0 Å². The van der Waals surface area contributed by atoms with Crippen LogP contribution in [0.4, 0.5) is 0 Å². The lowest BCUT2D eigenvalue weighted by atomic mass is 9.94. The molecule has 1 heteroatoms. The van der Waals surface area contributed by atoms with E-state index >= 15 is 0 Å². The molecule has 0 fully saturated rings. The van der Waals surface area contributed by atoms with Crippen LogP contribution < -0.4 is 0 Å². The highest BCUT2D eigenvalue weighted by molar-refractivity contribution is 5.38. The summed E-state index contributed by atoms with van der Waals surface area (Å²) in [6.07, 6.45) is 8.36. The quantitative estimate of drug-likeness (QED) is 0.737. The van der Waals surface area contributed by atoms with Crippen molar-refractivity contribution in [3.8, 4) is 0 Å². The van der Waals surface area contributed by atoms with Crippen molar-refractivity contribution in [1.29, 1.82) is 0 Å². The van der Waals surface area contributed by atoms with Gasteiger partial charge in [-0.15, -0.1) is 0 Å². The lowest BCUT2D eigenvalue weighted by Crippen LogP contribution is -2.14. The minimum atomic E-state index is 0.440. The third-order valence-corrected chi connectivity index (χ3v) is 4.46. The van der Waals surface area contributed by atoms with Crippen LogP contribution in [-0.4, -0.2) is 6.10 Å². The Morgan fingerprint density at radius 1 is 1.11 bits per heavy atom. The Balaban J connectivity index is 1.85. The summed E-state index contributed by atoms with van der Waals surface area (Å²) in [5.41, 5.74) is 7.20. The Hall–Kier alpha value is -1.24. The van der Waals surface area contributed by atoms with E-state index < -0.39 is 0 Å². The summed E-state index contributed by atoms with van der Waals surface area (Å²) in [4.78, 5) is 0. The van der Waals surface area contributed by atoms with Crippen molar-refractivity contribution in [2.75, 3.05) is 0 Å². The fourth-order valence-electron chi connectivity index (χ4n) is 2.74. The highest BCUT2D eigenvalue weighted by Gasteiger charge is 2.13. The van der Waals surface area contributed by atoms with Gasteiger partial charge in [-0.2, -0.15) is 0 Å². The van der Waals surface area contributed by atoms with Crippen molar-refractivity contribution >= 4 is 0 Å². The molecule has 0 amide bonds. The molecule has 1 atom stereocenters. The van der Waals surface area contributed by atoms with Gasteiger partial charge in [0.1, 0.15) is 0 Å². The van der Waals surface area contributed by atoms with Crippen molar-refractivity contribution in [2.45, 2.75) is 65.9 Å². The van der Waals surface area contributed by atoms with Gasteiger partial charge < -0.3 is 4.74 Å². The molecule has 0 radical (unpaired) electrons. The molecule has 1 aromatic rings. The van der Waals surface area contributed by atoms with E-state index in [9.17, 15) is 0 Å². The van der Waals surface area contributed by atoms with Crippen LogP contribution in [0.3, 0.4) is 0 Å². The number of rotatable bonds is 4. The molecule has 0 aliphatic carbocycles. The molecule has 1 unspecified atom stereocenters. The average molecular weight is 258 g/mol. The van der Waals surface area contributed by atoms with Gasteiger partial charge in [-0.05, 0) is 87.6 Å². The van der Waals surface area contributed by atoms with Crippen LogP contribution >= 0.6 is 0 Å². The molecule has 1 aromatic carbocycles. The Morgan fingerprint density at radius 3 is 2.58 bits per heavy atom. The summed E-state index contributed by atoms with van der Waals surface area (Å²) >= 11 is 0. The first-order valence-corrected chi connectivity index (χ1v) is 7.44. The van der Waals surface area contributed by atoms with E-state index in [-0.39, 0.29) is 0 Å². The summed E-state index contributed by atoms with van der Waals surface area (Å²) in [6.45, 7) is 8.82. The predicted octanol–water partition coefficient (Wildman–Crippen LogP) is 5.02. The first-order valence-electron chi connectivity index (χ1n) is 7.44. The van der Waals surface area contributed by atoms with E-state index in [1.807, 2.05) is 6.26 Å². The number of benzene rings is 1. The smallest absolute Gasteiger partial charge is 0.0981 e. The molecule has 1 aliphatic rings. The van der Waals surface area contributed by atoms with Gasteiger partial charge in [0, 0.05) is 0 Å². The van der Waals surface area contributed by atoms with Gasteiger partial charge in [0.15, 0.2) is 0 Å². The summed E-state index contributed by atoms with van der Waals surface area (Å²) in [5.74, 6) is 0. The van der Waals surface area contributed by atoms with Crippen LogP contribution in [0.1, 0.15) is 54.9 Å². The first kappa shape index (κ1) is 14.2. The van der Waals surface area contributed by atoms with Crippen LogP contribution in [0.15, 0.2) is 24.0 Å². The molecule has 2 rings (SSSR count). The summed E-state index contributed by atoms with van der Waals surface area (Å²) in [7, 11) is 0. The average Bonchev–Trinajstić information content (AvgIpc) is 2.41. The molecule has 0 spiro atoms. The van der Waals surface area contributed by atoms with E-state index in [4.69, 9.17) is 4.74 Å². The maximum atomic E-state index is 5.74. The fourth-order valence-corrected chi connectivity index (χ4v) is 2.74. The van der Waals surface area contributed by atoms with E-state index in [0.717, 1.165) is 0 Å². The molecule has 1 heterocycles. The van der Waals surface area contributed by atoms with Gasteiger partial charge in [-0.25, -0.2) is 0 Å². The minimum Gasteiger partial charge on any atom is -0.498 e. The SMILES string of the molecule is CC1=COC(CCCc2ccc(C)c(C)c2C)CC1. The second-order valence-electron chi connectivity index (χ2n) is 5.94. The third kappa shape index (κ3) is 3.62. The molecule has 19 heavy (non-hydrogen) atoms.